The molecule has 1 unspecified atom stereocenters. The van der Waals surface area contributed by atoms with Crippen LogP contribution < -0.4 is 11.1 Å². The molecule has 1 aromatic carbocycles. The quantitative estimate of drug-likeness (QED) is 0.756. The summed E-state index contributed by atoms with van der Waals surface area (Å²) in [6.45, 7) is 7.50. The van der Waals surface area contributed by atoms with Gasteiger partial charge in [-0.25, -0.2) is 0 Å². The molecule has 1 aromatic rings. The monoisotopic (exact) mass is 262 g/mol. The number of carbonyl (C=O) groups excluding carboxylic acids is 1. The molecule has 0 aliphatic heterocycles. The first-order chi connectivity index (χ1) is 8.99. The SMILES string of the molecule is CC(C)CCCC(C)NCc1cccc(C(N)=O)c1. The average molecular weight is 262 g/mol. The second-order valence-corrected chi connectivity index (χ2v) is 5.67. The van der Waals surface area contributed by atoms with Crippen LogP contribution in [0.4, 0.5) is 0 Å². The predicted molar refractivity (Wildman–Crippen MR) is 80.0 cm³/mol. The molecule has 0 radical (unpaired) electrons. The number of nitrogens with two attached hydrogens (primary N) is 1. The van der Waals surface area contributed by atoms with Crippen LogP contribution in [-0.2, 0) is 6.54 Å². The molecule has 0 aliphatic rings. The minimum atomic E-state index is -0.369. The lowest BCUT2D eigenvalue weighted by atomic mass is 10.0. The maximum absolute atomic E-state index is 11.1. The molecule has 0 saturated carbocycles. The van der Waals surface area contributed by atoms with Gasteiger partial charge in [0.1, 0.15) is 0 Å². The lowest BCUT2D eigenvalue weighted by molar-refractivity contribution is 0.1000. The van der Waals surface area contributed by atoms with Gasteiger partial charge in [0.25, 0.3) is 0 Å². The molecule has 1 rings (SSSR count). The van der Waals surface area contributed by atoms with Crippen molar-refractivity contribution in [1.82, 2.24) is 5.32 Å². The van der Waals surface area contributed by atoms with E-state index in [-0.39, 0.29) is 5.91 Å². The van der Waals surface area contributed by atoms with Gasteiger partial charge in [-0.1, -0.05) is 38.8 Å². The highest BCUT2D eigenvalue weighted by Crippen LogP contribution is 2.09. The molecular weight excluding hydrogens is 236 g/mol. The highest BCUT2D eigenvalue weighted by Gasteiger charge is 2.04. The summed E-state index contributed by atoms with van der Waals surface area (Å²) >= 11 is 0. The number of hydrogen-bond donors (Lipinski definition) is 2. The Morgan fingerprint density at radius 2 is 2.00 bits per heavy atom. The van der Waals surface area contributed by atoms with Gasteiger partial charge in [0.15, 0.2) is 0 Å². The molecule has 19 heavy (non-hydrogen) atoms. The number of carbonyl (C=O) groups is 1. The summed E-state index contributed by atoms with van der Waals surface area (Å²) in [6, 6.07) is 7.99. The highest BCUT2D eigenvalue weighted by molar-refractivity contribution is 5.92. The Hall–Kier alpha value is -1.35. The summed E-state index contributed by atoms with van der Waals surface area (Å²) in [6.07, 6.45) is 3.73. The van der Waals surface area contributed by atoms with E-state index in [9.17, 15) is 4.79 Å². The normalized spacial score (nSPS) is 12.6. The lowest BCUT2D eigenvalue weighted by Crippen LogP contribution is -2.25. The minimum Gasteiger partial charge on any atom is -0.366 e. The summed E-state index contributed by atoms with van der Waals surface area (Å²) < 4.78 is 0. The van der Waals surface area contributed by atoms with Gasteiger partial charge in [-0.15, -0.1) is 0 Å². The van der Waals surface area contributed by atoms with Gasteiger partial charge in [-0.05, 0) is 37.0 Å². The van der Waals surface area contributed by atoms with Crippen LogP contribution in [0, 0.1) is 5.92 Å². The largest absolute Gasteiger partial charge is 0.366 e. The molecule has 3 N–H and O–H groups in total. The maximum atomic E-state index is 11.1. The first-order valence-corrected chi connectivity index (χ1v) is 7.11. The van der Waals surface area contributed by atoms with Gasteiger partial charge in [-0.3, -0.25) is 4.79 Å². The second-order valence-electron chi connectivity index (χ2n) is 5.67. The molecule has 0 spiro atoms. The Kier molecular flexibility index (Phi) is 6.57. The van der Waals surface area contributed by atoms with Gasteiger partial charge in [0, 0.05) is 18.2 Å². The van der Waals surface area contributed by atoms with E-state index in [0.717, 1.165) is 18.0 Å². The number of rotatable bonds is 8. The van der Waals surface area contributed by atoms with Gasteiger partial charge >= 0.3 is 0 Å². The number of nitrogens with one attached hydrogen (secondary N) is 1. The van der Waals surface area contributed by atoms with E-state index in [1.54, 1.807) is 6.07 Å². The van der Waals surface area contributed by atoms with Crippen molar-refractivity contribution in [3.8, 4) is 0 Å². The molecule has 106 valence electrons. The topological polar surface area (TPSA) is 55.1 Å². The Morgan fingerprint density at radius 3 is 2.63 bits per heavy atom. The average Bonchev–Trinajstić information content (AvgIpc) is 2.36. The third-order valence-corrected chi connectivity index (χ3v) is 3.28. The van der Waals surface area contributed by atoms with E-state index >= 15 is 0 Å². The predicted octanol–water partition coefficient (Wildman–Crippen LogP) is 3.09. The van der Waals surface area contributed by atoms with Crippen LogP contribution in [-0.4, -0.2) is 11.9 Å². The summed E-state index contributed by atoms with van der Waals surface area (Å²) in [7, 11) is 0. The Labute approximate surface area is 116 Å². The van der Waals surface area contributed by atoms with Crippen molar-refractivity contribution >= 4 is 5.91 Å². The summed E-state index contributed by atoms with van der Waals surface area (Å²) in [5.74, 6) is 0.409. The van der Waals surface area contributed by atoms with E-state index in [1.807, 2.05) is 18.2 Å². The van der Waals surface area contributed by atoms with Crippen molar-refractivity contribution in [1.29, 1.82) is 0 Å². The number of hydrogen-bond acceptors (Lipinski definition) is 2. The highest BCUT2D eigenvalue weighted by atomic mass is 16.1. The van der Waals surface area contributed by atoms with Crippen molar-refractivity contribution < 1.29 is 4.79 Å². The van der Waals surface area contributed by atoms with Gasteiger partial charge in [0.2, 0.25) is 5.91 Å². The first-order valence-electron chi connectivity index (χ1n) is 7.11. The molecule has 0 aromatic heterocycles. The summed E-state index contributed by atoms with van der Waals surface area (Å²) in [5.41, 5.74) is 6.95. The van der Waals surface area contributed by atoms with Gasteiger partial charge < -0.3 is 11.1 Å². The molecule has 0 saturated heterocycles. The molecule has 1 amide bonds. The number of amides is 1. The molecule has 0 heterocycles. The van der Waals surface area contributed by atoms with Crippen LogP contribution in [0.5, 0.6) is 0 Å². The van der Waals surface area contributed by atoms with Crippen molar-refractivity contribution in [3.63, 3.8) is 0 Å². The van der Waals surface area contributed by atoms with E-state index in [0.29, 0.717) is 11.6 Å². The fourth-order valence-corrected chi connectivity index (χ4v) is 2.06. The molecule has 1 atom stereocenters. The third-order valence-electron chi connectivity index (χ3n) is 3.28. The van der Waals surface area contributed by atoms with Crippen molar-refractivity contribution in [3.05, 3.63) is 35.4 Å². The van der Waals surface area contributed by atoms with Crippen LogP contribution in [0.2, 0.25) is 0 Å². The van der Waals surface area contributed by atoms with Gasteiger partial charge in [-0.2, -0.15) is 0 Å². The fraction of sp³-hybridized carbons (Fsp3) is 0.562. The molecule has 3 nitrogen and oxygen atoms in total. The van der Waals surface area contributed by atoms with E-state index in [2.05, 4.69) is 26.1 Å². The Morgan fingerprint density at radius 1 is 1.26 bits per heavy atom. The van der Waals surface area contributed by atoms with Crippen molar-refractivity contribution in [2.75, 3.05) is 0 Å². The molecule has 0 aliphatic carbocycles. The third kappa shape index (κ3) is 6.39. The molecule has 0 bridgehead atoms. The van der Waals surface area contributed by atoms with Gasteiger partial charge in [0.05, 0.1) is 0 Å². The van der Waals surface area contributed by atoms with Crippen molar-refractivity contribution in [2.24, 2.45) is 11.7 Å². The maximum Gasteiger partial charge on any atom is 0.248 e. The van der Waals surface area contributed by atoms with E-state index < -0.39 is 0 Å². The zero-order chi connectivity index (χ0) is 14.3. The van der Waals surface area contributed by atoms with Crippen LogP contribution >= 0.6 is 0 Å². The van der Waals surface area contributed by atoms with Crippen LogP contribution in [0.25, 0.3) is 0 Å². The lowest BCUT2D eigenvalue weighted by Gasteiger charge is -2.14. The van der Waals surface area contributed by atoms with Crippen LogP contribution in [0.15, 0.2) is 24.3 Å². The zero-order valence-corrected chi connectivity index (χ0v) is 12.3. The zero-order valence-electron chi connectivity index (χ0n) is 12.3. The first kappa shape index (κ1) is 15.7. The van der Waals surface area contributed by atoms with Crippen molar-refractivity contribution in [2.45, 2.75) is 52.6 Å². The van der Waals surface area contributed by atoms with Crippen LogP contribution in [0.3, 0.4) is 0 Å². The van der Waals surface area contributed by atoms with E-state index in [1.165, 1.54) is 19.3 Å². The Bertz CT molecular complexity index is 401. The van der Waals surface area contributed by atoms with E-state index in [4.69, 9.17) is 5.73 Å². The minimum absolute atomic E-state index is 0.369. The molecular formula is C16H26N2O. The second kappa shape index (κ2) is 7.95. The number of benzene rings is 1. The molecule has 0 fully saturated rings. The van der Waals surface area contributed by atoms with Crippen LogP contribution in [0.1, 0.15) is 56.0 Å². The molecule has 3 heteroatoms. The Balaban J connectivity index is 2.35. The summed E-state index contributed by atoms with van der Waals surface area (Å²) in [4.78, 5) is 11.1. The smallest absolute Gasteiger partial charge is 0.248 e. The number of primary amides is 1. The fourth-order valence-electron chi connectivity index (χ4n) is 2.06. The standard InChI is InChI=1S/C16H26N2O/c1-12(2)6-4-7-13(3)18-11-14-8-5-9-15(10-14)16(17)19/h5,8-10,12-13,18H,4,6-7,11H2,1-3H3,(H2,17,19). The summed E-state index contributed by atoms with van der Waals surface area (Å²) in [5, 5.41) is 3.49.